The van der Waals surface area contributed by atoms with Gasteiger partial charge in [0.25, 0.3) is 0 Å². The van der Waals surface area contributed by atoms with Gasteiger partial charge in [-0.2, -0.15) is 0 Å². The van der Waals surface area contributed by atoms with Gasteiger partial charge in [-0.3, -0.25) is 9.59 Å². The number of carboxylic acids is 2. The summed E-state index contributed by atoms with van der Waals surface area (Å²) in [4.78, 5) is 23.6. The third-order valence-electron chi connectivity index (χ3n) is 5.56. The molecule has 0 heterocycles. The molecule has 2 N–H and O–H groups in total. The fourth-order valence-corrected chi connectivity index (χ4v) is 3.95. The molecular weight excluding hydrogens is 352 g/mol. The summed E-state index contributed by atoms with van der Waals surface area (Å²) in [6.07, 6.45) is 3.17. The van der Waals surface area contributed by atoms with Crippen molar-refractivity contribution >= 4 is 11.9 Å². The molecule has 0 saturated heterocycles. The van der Waals surface area contributed by atoms with Crippen LogP contribution >= 0.6 is 0 Å². The summed E-state index contributed by atoms with van der Waals surface area (Å²) in [6.45, 7) is 4.14. The van der Waals surface area contributed by atoms with E-state index >= 15 is 0 Å². The molecule has 0 fully saturated rings. The smallest absolute Gasteiger partial charge is 0.310 e. The van der Waals surface area contributed by atoms with Gasteiger partial charge < -0.3 is 10.2 Å². The largest absolute Gasteiger partial charge is 0.481 e. The van der Waals surface area contributed by atoms with Gasteiger partial charge in [0, 0.05) is 6.42 Å². The number of aryl methyl sites for hydroxylation is 2. The third-order valence-corrected chi connectivity index (χ3v) is 5.56. The molecule has 4 nitrogen and oxygen atoms in total. The van der Waals surface area contributed by atoms with Gasteiger partial charge in [-0.15, -0.1) is 0 Å². The molecule has 0 saturated carbocycles. The van der Waals surface area contributed by atoms with Crippen LogP contribution in [-0.4, -0.2) is 22.2 Å². The van der Waals surface area contributed by atoms with Crippen LogP contribution in [0.1, 0.15) is 55.4 Å². The molecule has 4 heteroatoms. The second-order valence-corrected chi connectivity index (χ2v) is 7.43. The zero-order valence-corrected chi connectivity index (χ0v) is 16.8. The lowest BCUT2D eigenvalue weighted by Crippen LogP contribution is -2.36. The molecule has 0 aromatic heterocycles. The van der Waals surface area contributed by atoms with E-state index in [2.05, 4.69) is 13.8 Å². The van der Waals surface area contributed by atoms with Crippen molar-refractivity contribution in [2.24, 2.45) is 5.41 Å². The van der Waals surface area contributed by atoms with E-state index < -0.39 is 17.4 Å². The van der Waals surface area contributed by atoms with Crippen molar-refractivity contribution in [1.82, 2.24) is 0 Å². The quantitative estimate of drug-likeness (QED) is 0.578. The average Bonchev–Trinajstić information content (AvgIpc) is 2.68. The molecule has 28 heavy (non-hydrogen) atoms. The van der Waals surface area contributed by atoms with Gasteiger partial charge in [-0.05, 0) is 60.8 Å². The summed E-state index contributed by atoms with van der Waals surface area (Å²) < 4.78 is 0. The minimum atomic E-state index is -1.02. The maximum absolute atomic E-state index is 12.6. The van der Waals surface area contributed by atoms with Crippen LogP contribution in [0.4, 0.5) is 0 Å². The molecule has 2 aromatic rings. The summed E-state index contributed by atoms with van der Waals surface area (Å²) in [5, 5.41) is 19.3. The van der Waals surface area contributed by atoms with Crippen LogP contribution in [0.15, 0.2) is 48.5 Å². The predicted molar refractivity (Wildman–Crippen MR) is 111 cm³/mol. The molecule has 0 aliphatic carbocycles. The highest BCUT2D eigenvalue weighted by molar-refractivity contribution is 5.76. The van der Waals surface area contributed by atoms with Gasteiger partial charge in [0.15, 0.2) is 0 Å². The Morgan fingerprint density at radius 1 is 0.786 bits per heavy atom. The van der Waals surface area contributed by atoms with Crippen LogP contribution in [0.25, 0.3) is 0 Å². The van der Waals surface area contributed by atoms with E-state index in [1.807, 2.05) is 48.5 Å². The number of aliphatic carboxylic acids is 2. The molecule has 0 amide bonds. The van der Waals surface area contributed by atoms with Crippen LogP contribution in [0.3, 0.4) is 0 Å². The van der Waals surface area contributed by atoms with Crippen molar-refractivity contribution in [3.05, 3.63) is 70.8 Å². The molecule has 0 spiro atoms. The maximum Gasteiger partial charge on any atom is 0.310 e. The molecule has 0 aliphatic rings. The zero-order valence-electron chi connectivity index (χ0n) is 16.8. The number of carboxylic acid groups (broad SMARTS) is 2. The predicted octanol–water partition coefficient (Wildman–Crippen LogP) is 4.92. The minimum absolute atomic E-state index is 0.0140. The summed E-state index contributed by atoms with van der Waals surface area (Å²) in [6, 6.07) is 15.9. The Morgan fingerprint density at radius 3 is 1.57 bits per heavy atom. The van der Waals surface area contributed by atoms with Crippen molar-refractivity contribution in [2.45, 2.75) is 58.8 Å². The lowest BCUT2D eigenvalue weighted by Gasteiger charge is -2.31. The van der Waals surface area contributed by atoms with Crippen molar-refractivity contribution < 1.29 is 19.8 Å². The van der Waals surface area contributed by atoms with Crippen LogP contribution < -0.4 is 0 Å². The van der Waals surface area contributed by atoms with Gasteiger partial charge >= 0.3 is 11.9 Å². The summed E-state index contributed by atoms with van der Waals surface area (Å²) in [5.74, 6) is -1.74. The Bertz CT molecular complexity index is 760. The Kier molecular flexibility index (Phi) is 7.80. The fraction of sp³-hybridized carbons (Fsp3) is 0.417. The number of hydrogen-bond donors (Lipinski definition) is 2. The number of carbonyl (C=O) groups is 2. The average molecular weight is 383 g/mol. The Balaban J connectivity index is 2.44. The van der Waals surface area contributed by atoms with E-state index in [4.69, 9.17) is 5.11 Å². The fourth-order valence-electron chi connectivity index (χ4n) is 3.95. The van der Waals surface area contributed by atoms with Crippen LogP contribution in [0.5, 0.6) is 0 Å². The Hall–Kier alpha value is -2.62. The normalized spacial score (nSPS) is 11.4. The first-order chi connectivity index (χ1) is 13.4. The molecule has 2 aromatic carbocycles. The molecule has 150 valence electrons. The summed E-state index contributed by atoms with van der Waals surface area (Å²) in [5.41, 5.74) is 3.35. The van der Waals surface area contributed by atoms with E-state index in [0.29, 0.717) is 25.7 Å². The lowest BCUT2D eigenvalue weighted by molar-refractivity contribution is -0.150. The number of benzene rings is 2. The first-order valence-electron chi connectivity index (χ1n) is 10.0. The Labute approximate surface area is 167 Å². The second-order valence-electron chi connectivity index (χ2n) is 7.43. The van der Waals surface area contributed by atoms with E-state index in [-0.39, 0.29) is 6.42 Å². The van der Waals surface area contributed by atoms with Crippen LogP contribution in [0, 0.1) is 5.41 Å². The molecule has 0 unspecified atom stereocenters. The van der Waals surface area contributed by atoms with Crippen molar-refractivity contribution in [2.75, 3.05) is 0 Å². The summed E-state index contributed by atoms with van der Waals surface area (Å²) >= 11 is 0. The molecule has 0 atom stereocenters. The minimum Gasteiger partial charge on any atom is -0.481 e. The van der Waals surface area contributed by atoms with E-state index in [9.17, 15) is 14.7 Å². The van der Waals surface area contributed by atoms with Crippen molar-refractivity contribution in [3.63, 3.8) is 0 Å². The SMILES string of the molecule is CCc1ccccc1CC(CCCC(=O)O)(Cc1ccccc1CC)C(=O)O. The third kappa shape index (κ3) is 5.44. The molecular formula is C24H30O4. The van der Waals surface area contributed by atoms with E-state index in [1.165, 1.54) is 0 Å². The number of rotatable bonds is 11. The highest BCUT2D eigenvalue weighted by atomic mass is 16.4. The number of hydrogen-bond acceptors (Lipinski definition) is 2. The monoisotopic (exact) mass is 382 g/mol. The highest BCUT2D eigenvalue weighted by Crippen LogP contribution is 2.36. The standard InChI is InChI=1S/C24H30O4/c1-3-18-10-5-7-12-20(18)16-24(23(27)28,15-9-14-22(25)26)17-21-13-8-6-11-19(21)4-2/h5-8,10-13H,3-4,9,14-17H2,1-2H3,(H,25,26)(H,27,28). The summed E-state index contributed by atoms with van der Waals surface area (Å²) in [7, 11) is 0. The van der Waals surface area contributed by atoms with Gasteiger partial charge in [0.05, 0.1) is 5.41 Å². The first kappa shape index (κ1) is 21.7. The van der Waals surface area contributed by atoms with Gasteiger partial charge in [-0.1, -0.05) is 62.4 Å². The lowest BCUT2D eigenvalue weighted by atomic mass is 9.71. The van der Waals surface area contributed by atoms with E-state index in [1.54, 1.807) is 0 Å². The highest BCUT2D eigenvalue weighted by Gasteiger charge is 2.39. The van der Waals surface area contributed by atoms with Gasteiger partial charge in [0.2, 0.25) is 0 Å². The zero-order chi connectivity index (χ0) is 20.6. The maximum atomic E-state index is 12.6. The van der Waals surface area contributed by atoms with E-state index in [0.717, 1.165) is 35.1 Å². The van der Waals surface area contributed by atoms with Crippen LogP contribution in [0.2, 0.25) is 0 Å². The molecule has 0 aliphatic heterocycles. The molecule has 2 rings (SSSR count). The van der Waals surface area contributed by atoms with Crippen molar-refractivity contribution in [1.29, 1.82) is 0 Å². The van der Waals surface area contributed by atoms with Crippen LogP contribution in [-0.2, 0) is 35.3 Å². The first-order valence-corrected chi connectivity index (χ1v) is 10.0. The van der Waals surface area contributed by atoms with Crippen molar-refractivity contribution in [3.8, 4) is 0 Å². The Morgan fingerprint density at radius 2 is 1.21 bits per heavy atom. The topological polar surface area (TPSA) is 74.6 Å². The second kappa shape index (κ2) is 10.1. The van der Waals surface area contributed by atoms with Gasteiger partial charge in [0.1, 0.15) is 0 Å². The molecule has 0 bridgehead atoms. The van der Waals surface area contributed by atoms with Gasteiger partial charge in [-0.25, -0.2) is 0 Å². The molecule has 0 radical (unpaired) electrons.